The van der Waals surface area contributed by atoms with Gasteiger partial charge < -0.3 is 4.57 Å². The number of hydrogen-bond donors (Lipinski definition) is 1. The van der Waals surface area contributed by atoms with Crippen molar-refractivity contribution in [3.05, 3.63) is 82.4 Å². The van der Waals surface area contributed by atoms with Crippen LogP contribution in [-0.2, 0) is 6.42 Å². The van der Waals surface area contributed by atoms with E-state index in [1.807, 2.05) is 18.6 Å². The topological polar surface area (TPSA) is 42.2 Å². The third-order valence-electron chi connectivity index (χ3n) is 4.65. The number of nitrogens with zero attached hydrogens (tertiary/aromatic N) is 3. The van der Waals surface area contributed by atoms with Crippen molar-refractivity contribution < 1.29 is 0 Å². The molecule has 0 radical (unpaired) electrons. The molecule has 6 heteroatoms. The van der Waals surface area contributed by atoms with Gasteiger partial charge in [0.15, 0.2) is 0 Å². The first kappa shape index (κ1) is 17.1. The fourth-order valence-corrected chi connectivity index (χ4v) is 3.82. The van der Waals surface area contributed by atoms with Crippen LogP contribution in [0.2, 0.25) is 10.0 Å². The Hall–Kier alpha value is -2.30. The van der Waals surface area contributed by atoms with E-state index in [0.29, 0.717) is 10.0 Å². The molecule has 1 unspecified atom stereocenters. The Bertz CT molecular complexity index is 935. The average molecular weight is 385 g/mol. The number of halogens is 2. The fourth-order valence-electron chi connectivity index (χ4n) is 3.37. The van der Waals surface area contributed by atoms with Crippen LogP contribution in [0.1, 0.15) is 30.0 Å². The molecule has 0 bridgehead atoms. The highest BCUT2D eigenvalue weighted by molar-refractivity contribution is 6.36. The minimum atomic E-state index is 0.125. The number of fused-ring (bicyclic) bond motifs is 1. The number of hydrogen-bond acceptors (Lipinski definition) is 3. The predicted molar refractivity (Wildman–Crippen MR) is 107 cm³/mol. The molecule has 1 atom stereocenters. The Balaban J connectivity index is 1.76. The van der Waals surface area contributed by atoms with Gasteiger partial charge in [0.1, 0.15) is 0 Å². The third-order valence-corrected chi connectivity index (χ3v) is 5.19. The van der Waals surface area contributed by atoms with E-state index in [-0.39, 0.29) is 6.04 Å². The lowest BCUT2D eigenvalue weighted by Gasteiger charge is -2.20. The number of hydrazone groups is 1. The highest BCUT2D eigenvalue weighted by atomic mass is 35.5. The maximum absolute atomic E-state index is 6.28. The molecule has 0 saturated heterocycles. The van der Waals surface area contributed by atoms with Gasteiger partial charge in [0.2, 0.25) is 0 Å². The molecular weight excluding hydrogens is 367 g/mol. The van der Waals surface area contributed by atoms with Gasteiger partial charge in [0.05, 0.1) is 28.8 Å². The monoisotopic (exact) mass is 384 g/mol. The first-order valence-corrected chi connectivity index (χ1v) is 9.32. The molecule has 3 aromatic rings. The molecule has 0 aliphatic heterocycles. The number of aromatic nitrogens is 2. The Kier molecular flexibility index (Phi) is 4.96. The van der Waals surface area contributed by atoms with Crippen molar-refractivity contribution in [2.75, 3.05) is 5.43 Å². The van der Waals surface area contributed by atoms with E-state index in [9.17, 15) is 0 Å². The van der Waals surface area contributed by atoms with Crippen LogP contribution in [-0.4, -0.2) is 15.3 Å². The van der Waals surface area contributed by atoms with Crippen LogP contribution in [0.25, 0.3) is 0 Å². The normalized spacial score (nSPS) is 18.4. The molecule has 0 saturated carbocycles. The van der Waals surface area contributed by atoms with Crippen molar-refractivity contribution in [3.8, 4) is 0 Å². The number of imidazole rings is 1. The zero-order valence-electron chi connectivity index (χ0n) is 14.1. The van der Waals surface area contributed by atoms with Crippen LogP contribution in [0.15, 0.2) is 66.3 Å². The molecule has 4 rings (SSSR count). The Labute approximate surface area is 162 Å². The van der Waals surface area contributed by atoms with Gasteiger partial charge in [0, 0.05) is 23.0 Å². The Morgan fingerprint density at radius 1 is 1.15 bits per heavy atom. The van der Waals surface area contributed by atoms with E-state index >= 15 is 0 Å². The second-order valence-corrected chi connectivity index (χ2v) is 7.15. The van der Waals surface area contributed by atoms with Crippen LogP contribution in [0.4, 0.5) is 5.69 Å². The molecule has 4 nitrogen and oxygen atoms in total. The fraction of sp³-hybridized carbons (Fsp3) is 0.200. The average Bonchev–Trinajstić information content (AvgIpc) is 3.10. The number of aryl methyl sites for hydroxylation is 1. The molecule has 2 aromatic carbocycles. The van der Waals surface area contributed by atoms with Crippen LogP contribution in [0, 0.1) is 0 Å². The van der Waals surface area contributed by atoms with Crippen molar-refractivity contribution in [2.45, 2.75) is 25.3 Å². The van der Waals surface area contributed by atoms with Gasteiger partial charge in [-0.1, -0.05) is 47.5 Å². The summed E-state index contributed by atoms with van der Waals surface area (Å²) in [6.07, 6.45) is 8.78. The highest BCUT2D eigenvalue weighted by Crippen LogP contribution is 2.30. The van der Waals surface area contributed by atoms with E-state index < -0.39 is 0 Å². The number of rotatable bonds is 3. The van der Waals surface area contributed by atoms with Crippen LogP contribution in [0.3, 0.4) is 0 Å². The van der Waals surface area contributed by atoms with Crippen LogP contribution in [0.5, 0.6) is 0 Å². The van der Waals surface area contributed by atoms with Crippen molar-refractivity contribution in [1.82, 2.24) is 9.55 Å². The SMILES string of the molecule is Clc1ccc(NN=C2c3ccccc3CCCC2n2ccnc2)c(Cl)c1. The van der Waals surface area contributed by atoms with E-state index in [0.717, 1.165) is 30.7 Å². The van der Waals surface area contributed by atoms with Gasteiger partial charge in [-0.05, 0) is 43.0 Å². The number of nitrogens with one attached hydrogen (secondary N) is 1. The molecule has 132 valence electrons. The lowest BCUT2D eigenvalue weighted by Crippen LogP contribution is -2.20. The molecule has 0 spiro atoms. The second-order valence-electron chi connectivity index (χ2n) is 6.31. The minimum absolute atomic E-state index is 0.125. The summed E-state index contributed by atoms with van der Waals surface area (Å²) in [7, 11) is 0. The summed E-state index contributed by atoms with van der Waals surface area (Å²) in [5.74, 6) is 0. The van der Waals surface area contributed by atoms with Crippen molar-refractivity contribution in [2.24, 2.45) is 5.10 Å². The summed E-state index contributed by atoms with van der Waals surface area (Å²) in [6, 6.07) is 13.9. The molecular formula is C20H18Cl2N4. The lowest BCUT2D eigenvalue weighted by molar-refractivity contribution is 0.568. The summed E-state index contributed by atoms with van der Waals surface area (Å²) in [5.41, 5.74) is 7.34. The number of benzene rings is 2. The summed E-state index contributed by atoms with van der Waals surface area (Å²) in [6.45, 7) is 0. The van der Waals surface area contributed by atoms with Gasteiger partial charge >= 0.3 is 0 Å². The molecule has 1 N–H and O–H groups in total. The van der Waals surface area contributed by atoms with Gasteiger partial charge in [-0.2, -0.15) is 5.10 Å². The van der Waals surface area contributed by atoms with E-state index in [4.69, 9.17) is 28.3 Å². The van der Waals surface area contributed by atoms with E-state index in [1.165, 1.54) is 11.1 Å². The zero-order chi connectivity index (χ0) is 17.9. The molecule has 1 heterocycles. The van der Waals surface area contributed by atoms with E-state index in [2.05, 4.69) is 39.2 Å². The summed E-state index contributed by atoms with van der Waals surface area (Å²) >= 11 is 12.3. The lowest BCUT2D eigenvalue weighted by atomic mass is 9.99. The van der Waals surface area contributed by atoms with Crippen molar-refractivity contribution in [1.29, 1.82) is 0 Å². The molecule has 0 fully saturated rings. The molecule has 26 heavy (non-hydrogen) atoms. The molecule has 1 aromatic heterocycles. The standard InChI is InChI=1S/C20H18Cl2N4/c21-15-8-9-18(17(22)12-15)24-25-20-16-6-2-1-4-14(16)5-3-7-19(20)26-11-10-23-13-26/h1-2,4,6,8-13,19,24H,3,5,7H2. The summed E-state index contributed by atoms with van der Waals surface area (Å²) in [4.78, 5) is 4.21. The van der Waals surface area contributed by atoms with Crippen molar-refractivity contribution in [3.63, 3.8) is 0 Å². The number of anilines is 1. The molecule has 1 aliphatic rings. The van der Waals surface area contributed by atoms with Gasteiger partial charge in [-0.15, -0.1) is 0 Å². The maximum Gasteiger partial charge on any atom is 0.0952 e. The largest absolute Gasteiger partial charge is 0.328 e. The summed E-state index contributed by atoms with van der Waals surface area (Å²) in [5, 5.41) is 5.92. The predicted octanol–water partition coefficient (Wildman–Crippen LogP) is 5.58. The summed E-state index contributed by atoms with van der Waals surface area (Å²) < 4.78 is 2.12. The highest BCUT2D eigenvalue weighted by Gasteiger charge is 2.25. The first-order chi connectivity index (χ1) is 12.7. The van der Waals surface area contributed by atoms with Gasteiger partial charge in [0.25, 0.3) is 0 Å². The van der Waals surface area contributed by atoms with Gasteiger partial charge in [-0.3, -0.25) is 5.43 Å². The maximum atomic E-state index is 6.28. The quantitative estimate of drug-likeness (QED) is 0.472. The Morgan fingerprint density at radius 3 is 2.85 bits per heavy atom. The second kappa shape index (κ2) is 7.52. The van der Waals surface area contributed by atoms with Crippen LogP contribution >= 0.6 is 23.2 Å². The molecule has 0 amide bonds. The minimum Gasteiger partial charge on any atom is -0.328 e. The zero-order valence-corrected chi connectivity index (χ0v) is 15.6. The first-order valence-electron chi connectivity index (χ1n) is 8.57. The smallest absolute Gasteiger partial charge is 0.0952 e. The van der Waals surface area contributed by atoms with Crippen molar-refractivity contribution >= 4 is 34.6 Å². The molecule has 1 aliphatic carbocycles. The third kappa shape index (κ3) is 3.48. The van der Waals surface area contributed by atoms with E-state index in [1.54, 1.807) is 18.3 Å². The van der Waals surface area contributed by atoms with Crippen LogP contribution < -0.4 is 5.43 Å². The Morgan fingerprint density at radius 2 is 2.04 bits per heavy atom. The van der Waals surface area contributed by atoms with Gasteiger partial charge in [-0.25, -0.2) is 4.98 Å².